The first kappa shape index (κ1) is 25.5. The third kappa shape index (κ3) is 6.93. The van der Waals surface area contributed by atoms with Gasteiger partial charge >= 0.3 is 17.6 Å². The summed E-state index contributed by atoms with van der Waals surface area (Å²) >= 11 is 0. The average molecular weight is 477 g/mol. The molecule has 0 amide bonds. The molecule has 35 heavy (non-hydrogen) atoms. The molecule has 0 radical (unpaired) electrons. The fraction of sp³-hybridized carbons (Fsp3) is 0.250. The normalized spacial score (nSPS) is 11.1. The van der Waals surface area contributed by atoms with Crippen LogP contribution in [0.2, 0.25) is 0 Å². The Bertz CT molecular complexity index is 1330. The highest BCUT2D eigenvalue weighted by atomic mass is 16.6. The summed E-state index contributed by atoms with van der Waals surface area (Å²) in [5.41, 5.74) is 1.87. The Morgan fingerprint density at radius 2 is 1.63 bits per heavy atom. The lowest BCUT2D eigenvalue weighted by molar-refractivity contribution is -0.132. The standard InChI is InChI=1S/C28H28O7/c1-18(2)10-8-11-19(3)16-17-32-22-14-9-15-23-24(22)25(26(28(31)34-23)33-20(4)29)35-27(30)21-12-6-5-7-13-21/h5-7,9-10,12-16H,8,11,17H2,1-4H3/b19-16+. The Balaban J connectivity index is 2.00. The molecule has 0 N–H and O–H groups in total. The van der Waals surface area contributed by atoms with Gasteiger partial charge in [0.15, 0.2) is 5.75 Å². The van der Waals surface area contributed by atoms with Crippen molar-refractivity contribution in [1.29, 1.82) is 0 Å². The molecule has 0 bridgehead atoms. The van der Waals surface area contributed by atoms with Crippen LogP contribution in [0, 0.1) is 0 Å². The van der Waals surface area contributed by atoms with Gasteiger partial charge in [-0.1, -0.05) is 41.5 Å². The molecule has 0 aliphatic heterocycles. The molecule has 0 aliphatic rings. The zero-order valence-electron chi connectivity index (χ0n) is 20.3. The van der Waals surface area contributed by atoms with Gasteiger partial charge in [-0.05, 0) is 64.0 Å². The number of hydrogen-bond acceptors (Lipinski definition) is 7. The van der Waals surface area contributed by atoms with E-state index in [-0.39, 0.29) is 28.9 Å². The summed E-state index contributed by atoms with van der Waals surface area (Å²) in [4.78, 5) is 37.1. The molecular weight excluding hydrogens is 448 g/mol. The van der Waals surface area contributed by atoms with E-state index in [9.17, 15) is 14.4 Å². The van der Waals surface area contributed by atoms with E-state index in [1.54, 1.807) is 48.5 Å². The maximum absolute atomic E-state index is 12.8. The lowest BCUT2D eigenvalue weighted by atomic mass is 10.1. The summed E-state index contributed by atoms with van der Waals surface area (Å²) < 4.78 is 22.0. The van der Waals surface area contributed by atoms with Gasteiger partial charge in [0.1, 0.15) is 23.3 Å². The maximum Gasteiger partial charge on any atom is 0.383 e. The smallest absolute Gasteiger partial charge is 0.383 e. The predicted molar refractivity (Wildman–Crippen MR) is 133 cm³/mol. The van der Waals surface area contributed by atoms with Crippen molar-refractivity contribution < 1.29 is 28.2 Å². The molecule has 2 aromatic carbocycles. The van der Waals surface area contributed by atoms with Gasteiger partial charge in [-0.2, -0.15) is 0 Å². The van der Waals surface area contributed by atoms with Crippen LogP contribution in [0.3, 0.4) is 0 Å². The van der Waals surface area contributed by atoms with Crippen LogP contribution >= 0.6 is 0 Å². The third-order valence-electron chi connectivity index (χ3n) is 5.02. The van der Waals surface area contributed by atoms with E-state index in [4.69, 9.17) is 18.6 Å². The van der Waals surface area contributed by atoms with Crippen LogP contribution in [-0.4, -0.2) is 18.5 Å². The second-order valence-electron chi connectivity index (χ2n) is 8.21. The fourth-order valence-corrected chi connectivity index (χ4v) is 3.31. The maximum atomic E-state index is 12.8. The zero-order chi connectivity index (χ0) is 25.4. The van der Waals surface area contributed by atoms with Crippen molar-refractivity contribution in [3.63, 3.8) is 0 Å². The molecule has 0 aliphatic carbocycles. The van der Waals surface area contributed by atoms with Crippen molar-refractivity contribution in [3.05, 3.63) is 87.8 Å². The van der Waals surface area contributed by atoms with Crippen LogP contribution in [0.15, 0.2) is 81.0 Å². The highest BCUT2D eigenvalue weighted by molar-refractivity contribution is 5.98. The molecule has 1 aromatic heterocycles. The van der Waals surface area contributed by atoms with Crippen molar-refractivity contribution in [1.82, 2.24) is 0 Å². The molecule has 3 aromatic rings. The summed E-state index contributed by atoms with van der Waals surface area (Å²) in [5, 5.41) is 0.211. The number of allylic oxidation sites excluding steroid dienone is 3. The Morgan fingerprint density at radius 1 is 0.886 bits per heavy atom. The van der Waals surface area contributed by atoms with Gasteiger partial charge in [0.25, 0.3) is 5.75 Å². The highest BCUT2D eigenvalue weighted by Crippen LogP contribution is 2.39. The molecule has 1 heterocycles. The number of carbonyl (C=O) groups is 2. The number of carbonyl (C=O) groups excluding carboxylic acids is 2. The summed E-state index contributed by atoms with van der Waals surface area (Å²) in [7, 11) is 0. The molecule has 0 atom stereocenters. The average Bonchev–Trinajstić information content (AvgIpc) is 2.81. The minimum Gasteiger partial charge on any atom is -0.489 e. The molecular formula is C28H28O7. The number of ether oxygens (including phenoxy) is 3. The highest BCUT2D eigenvalue weighted by Gasteiger charge is 2.25. The molecule has 182 valence electrons. The Labute approximate surface area is 203 Å². The van der Waals surface area contributed by atoms with Crippen LogP contribution in [0.5, 0.6) is 17.2 Å². The monoisotopic (exact) mass is 476 g/mol. The van der Waals surface area contributed by atoms with Gasteiger partial charge in [0, 0.05) is 6.92 Å². The number of benzene rings is 2. The number of fused-ring (bicyclic) bond motifs is 1. The summed E-state index contributed by atoms with van der Waals surface area (Å²) in [6, 6.07) is 13.1. The topological polar surface area (TPSA) is 92.0 Å². The minimum absolute atomic E-state index is 0.128. The molecule has 0 saturated heterocycles. The van der Waals surface area contributed by atoms with E-state index in [0.717, 1.165) is 25.3 Å². The van der Waals surface area contributed by atoms with Crippen molar-refractivity contribution in [2.24, 2.45) is 0 Å². The van der Waals surface area contributed by atoms with Crippen LogP contribution < -0.4 is 19.8 Å². The summed E-state index contributed by atoms with van der Waals surface area (Å²) in [6.07, 6.45) is 5.97. The lowest BCUT2D eigenvalue weighted by Gasteiger charge is -2.14. The minimum atomic E-state index is -0.948. The molecule has 0 saturated carbocycles. The van der Waals surface area contributed by atoms with E-state index in [1.807, 2.05) is 13.0 Å². The largest absolute Gasteiger partial charge is 0.489 e. The number of hydrogen-bond donors (Lipinski definition) is 0. The van der Waals surface area contributed by atoms with Gasteiger partial charge in [-0.15, -0.1) is 0 Å². The quantitative estimate of drug-likeness (QED) is 0.212. The predicted octanol–water partition coefficient (Wildman–Crippen LogP) is 6.01. The Hall–Kier alpha value is -4.13. The molecule has 0 unspecified atom stereocenters. The first-order chi connectivity index (χ1) is 16.8. The number of esters is 2. The fourth-order valence-electron chi connectivity index (χ4n) is 3.31. The summed E-state index contributed by atoms with van der Waals surface area (Å²) in [5.74, 6) is -1.93. The first-order valence-electron chi connectivity index (χ1n) is 11.2. The van der Waals surface area contributed by atoms with Gasteiger partial charge < -0.3 is 18.6 Å². The zero-order valence-corrected chi connectivity index (χ0v) is 20.3. The van der Waals surface area contributed by atoms with E-state index < -0.39 is 23.3 Å². The SMILES string of the molecule is CC(=O)Oc1c(OC(=O)c2ccccc2)c2c(OC/C=C(\C)CCC=C(C)C)cccc2oc1=O. The molecule has 7 nitrogen and oxygen atoms in total. The molecule has 7 heteroatoms. The van der Waals surface area contributed by atoms with Gasteiger partial charge in [-0.25, -0.2) is 9.59 Å². The first-order valence-corrected chi connectivity index (χ1v) is 11.2. The van der Waals surface area contributed by atoms with Crippen LogP contribution in [0.4, 0.5) is 0 Å². The van der Waals surface area contributed by atoms with Crippen molar-refractivity contribution >= 4 is 22.9 Å². The Kier molecular flexibility index (Phi) is 8.62. The molecule has 0 spiro atoms. The van der Waals surface area contributed by atoms with Crippen LogP contribution in [0.1, 0.15) is 50.9 Å². The summed E-state index contributed by atoms with van der Waals surface area (Å²) in [6.45, 7) is 7.53. The third-order valence-corrected chi connectivity index (χ3v) is 5.02. The van der Waals surface area contributed by atoms with Gasteiger partial charge in [0.2, 0.25) is 0 Å². The van der Waals surface area contributed by atoms with E-state index in [1.165, 1.54) is 5.57 Å². The second-order valence-corrected chi connectivity index (χ2v) is 8.21. The van der Waals surface area contributed by atoms with Gasteiger partial charge in [0.05, 0.1) is 5.56 Å². The van der Waals surface area contributed by atoms with E-state index in [2.05, 4.69) is 19.9 Å². The van der Waals surface area contributed by atoms with Crippen molar-refractivity contribution in [3.8, 4) is 17.2 Å². The van der Waals surface area contributed by atoms with Crippen molar-refractivity contribution in [2.75, 3.05) is 6.61 Å². The van der Waals surface area contributed by atoms with Crippen LogP contribution in [0.25, 0.3) is 11.0 Å². The van der Waals surface area contributed by atoms with Crippen molar-refractivity contribution in [2.45, 2.75) is 40.5 Å². The lowest BCUT2D eigenvalue weighted by Crippen LogP contribution is -2.16. The Morgan fingerprint density at radius 3 is 2.31 bits per heavy atom. The van der Waals surface area contributed by atoms with Crippen LogP contribution in [-0.2, 0) is 4.79 Å². The van der Waals surface area contributed by atoms with E-state index >= 15 is 0 Å². The van der Waals surface area contributed by atoms with Gasteiger partial charge in [-0.3, -0.25) is 4.79 Å². The molecule has 0 fully saturated rings. The second kappa shape index (κ2) is 11.8. The van der Waals surface area contributed by atoms with E-state index in [0.29, 0.717) is 5.75 Å². The molecule has 3 rings (SSSR count). The number of rotatable bonds is 9.